The van der Waals surface area contributed by atoms with E-state index in [1.807, 2.05) is 12.1 Å². The Morgan fingerprint density at radius 3 is 1.62 bits per heavy atom. The van der Waals surface area contributed by atoms with Crippen molar-refractivity contribution in [1.29, 1.82) is 0 Å². The Morgan fingerprint density at radius 2 is 1.27 bits per heavy atom. The predicted molar refractivity (Wildman–Crippen MR) is 110 cm³/mol. The fourth-order valence-corrected chi connectivity index (χ4v) is 8.02. The highest BCUT2D eigenvalue weighted by molar-refractivity contribution is 6.99. The molecule has 142 valence electrons. The maximum Gasteiger partial charge on any atom is 0.261 e. The van der Waals surface area contributed by atoms with Gasteiger partial charge in [-0.2, -0.15) is 0 Å². The Kier molecular flexibility index (Phi) is 6.45. The lowest BCUT2D eigenvalue weighted by atomic mass is 10.00. The predicted octanol–water partition coefficient (Wildman–Crippen LogP) is 3.08. The van der Waals surface area contributed by atoms with Gasteiger partial charge in [-0.05, 0) is 35.7 Å². The summed E-state index contributed by atoms with van der Waals surface area (Å²) >= 11 is 0. The molecule has 4 heteroatoms. The number of hydrogen-bond acceptors (Lipinski definition) is 3. The summed E-state index contributed by atoms with van der Waals surface area (Å²) in [6.07, 6.45) is -0.422. The summed E-state index contributed by atoms with van der Waals surface area (Å²) in [5.74, 6) is 0. The van der Waals surface area contributed by atoms with Crippen molar-refractivity contribution < 1.29 is 14.6 Å². The molecule has 0 heterocycles. The lowest BCUT2D eigenvalue weighted by molar-refractivity contribution is -0.0561. The first-order chi connectivity index (χ1) is 12.1. The van der Waals surface area contributed by atoms with Crippen LogP contribution in [0.15, 0.2) is 60.7 Å². The van der Waals surface area contributed by atoms with Gasteiger partial charge in [-0.25, -0.2) is 0 Å². The summed E-state index contributed by atoms with van der Waals surface area (Å²) in [6.45, 7) is 10.3. The average molecular weight is 373 g/mol. The summed E-state index contributed by atoms with van der Waals surface area (Å²) in [4.78, 5) is 0. The largest absolute Gasteiger partial charge is 0.407 e. The van der Waals surface area contributed by atoms with E-state index < -0.39 is 20.0 Å². The smallest absolute Gasteiger partial charge is 0.261 e. The molecule has 0 fully saturated rings. The van der Waals surface area contributed by atoms with Gasteiger partial charge in [0, 0.05) is 6.61 Å². The van der Waals surface area contributed by atoms with Crippen molar-refractivity contribution >= 4 is 18.7 Å². The molecule has 0 unspecified atom stereocenters. The third kappa shape index (κ3) is 4.44. The van der Waals surface area contributed by atoms with E-state index in [9.17, 15) is 10.2 Å². The van der Waals surface area contributed by atoms with Gasteiger partial charge in [0.05, 0.1) is 11.7 Å². The molecule has 0 saturated carbocycles. The zero-order valence-electron chi connectivity index (χ0n) is 16.6. The molecule has 0 amide bonds. The molecule has 26 heavy (non-hydrogen) atoms. The molecule has 1 atom stereocenters. The van der Waals surface area contributed by atoms with Gasteiger partial charge in [-0.3, -0.25) is 0 Å². The van der Waals surface area contributed by atoms with Crippen molar-refractivity contribution in [3.8, 4) is 0 Å². The van der Waals surface area contributed by atoms with Crippen LogP contribution in [-0.2, 0) is 4.43 Å². The van der Waals surface area contributed by atoms with Gasteiger partial charge in [0.25, 0.3) is 8.32 Å². The molecule has 2 aromatic carbocycles. The van der Waals surface area contributed by atoms with Crippen LogP contribution in [0.5, 0.6) is 0 Å². The molecule has 0 aliphatic rings. The Hall–Kier alpha value is -1.46. The van der Waals surface area contributed by atoms with Gasteiger partial charge < -0.3 is 14.6 Å². The first kappa shape index (κ1) is 20.8. The molecule has 0 aliphatic heterocycles. The highest BCUT2D eigenvalue weighted by atomic mass is 28.4. The number of benzene rings is 2. The highest BCUT2D eigenvalue weighted by Crippen LogP contribution is 2.36. The molecule has 0 spiro atoms. The standard InChI is InChI=1S/C22H32O3Si/c1-21(2,3)26(18-12-8-6-9-13-18,19-14-10-7-11-15-19)25-17-16-20(23)22(4,5)24/h6-15,20,23-24H,16-17H2,1-5H3/t20-/m1/s1. The molecule has 0 bridgehead atoms. The second-order valence-corrected chi connectivity index (χ2v) is 12.8. The van der Waals surface area contributed by atoms with E-state index in [0.29, 0.717) is 13.0 Å². The molecule has 3 nitrogen and oxygen atoms in total. The second kappa shape index (κ2) is 8.05. The summed E-state index contributed by atoms with van der Waals surface area (Å²) in [5.41, 5.74) is -1.13. The monoisotopic (exact) mass is 372 g/mol. The third-order valence-electron chi connectivity index (χ3n) is 4.94. The topological polar surface area (TPSA) is 49.7 Å². The molecule has 0 aliphatic carbocycles. The van der Waals surface area contributed by atoms with Gasteiger partial charge in [0.15, 0.2) is 0 Å². The molecule has 0 aromatic heterocycles. The van der Waals surface area contributed by atoms with Crippen molar-refractivity contribution in [2.45, 2.75) is 57.8 Å². The lowest BCUT2D eigenvalue weighted by Crippen LogP contribution is -2.66. The molecule has 2 aromatic rings. The Morgan fingerprint density at radius 1 is 0.846 bits per heavy atom. The van der Waals surface area contributed by atoms with Gasteiger partial charge in [-0.15, -0.1) is 0 Å². The summed E-state index contributed by atoms with van der Waals surface area (Å²) < 4.78 is 6.70. The quantitative estimate of drug-likeness (QED) is 0.735. The van der Waals surface area contributed by atoms with Crippen LogP contribution >= 0.6 is 0 Å². The number of aliphatic hydroxyl groups excluding tert-OH is 1. The van der Waals surface area contributed by atoms with Crippen molar-refractivity contribution in [1.82, 2.24) is 0 Å². The Labute approximate surface area is 158 Å². The van der Waals surface area contributed by atoms with Crippen LogP contribution in [0.2, 0.25) is 5.04 Å². The minimum Gasteiger partial charge on any atom is -0.407 e. The van der Waals surface area contributed by atoms with Gasteiger partial charge >= 0.3 is 0 Å². The van der Waals surface area contributed by atoms with E-state index >= 15 is 0 Å². The van der Waals surface area contributed by atoms with E-state index in [0.717, 1.165) is 0 Å². The van der Waals surface area contributed by atoms with Crippen LogP contribution in [-0.4, -0.2) is 36.8 Å². The first-order valence-electron chi connectivity index (χ1n) is 9.24. The fourth-order valence-electron chi connectivity index (χ4n) is 3.44. The molecule has 0 saturated heterocycles. The van der Waals surface area contributed by atoms with Crippen molar-refractivity contribution in [3.63, 3.8) is 0 Å². The van der Waals surface area contributed by atoms with E-state index in [2.05, 4.69) is 69.3 Å². The van der Waals surface area contributed by atoms with Crippen LogP contribution in [0.4, 0.5) is 0 Å². The van der Waals surface area contributed by atoms with Crippen LogP contribution in [0.3, 0.4) is 0 Å². The van der Waals surface area contributed by atoms with E-state index in [-0.39, 0.29) is 5.04 Å². The minimum atomic E-state index is -2.57. The van der Waals surface area contributed by atoms with Crippen molar-refractivity contribution in [2.75, 3.05) is 6.61 Å². The third-order valence-corrected chi connectivity index (χ3v) is 9.98. The van der Waals surface area contributed by atoms with Crippen LogP contribution in [0.1, 0.15) is 41.0 Å². The maximum atomic E-state index is 10.2. The SMILES string of the molecule is CC(C)(O)[C@H](O)CCO[Si](c1ccccc1)(c1ccccc1)C(C)(C)C. The number of hydrogen-bond donors (Lipinski definition) is 2. The Bertz CT molecular complexity index is 633. The van der Waals surface area contributed by atoms with Crippen molar-refractivity contribution in [2.24, 2.45) is 0 Å². The highest BCUT2D eigenvalue weighted by Gasteiger charge is 2.50. The summed E-state index contributed by atoms with van der Waals surface area (Å²) in [5, 5.41) is 22.6. The lowest BCUT2D eigenvalue weighted by Gasteiger charge is -2.43. The van der Waals surface area contributed by atoms with Gasteiger partial charge in [-0.1, -0.05) is 81.4 Å². The zero-order chi connectivity index (χ0) is 19.4. The summed E-state index contributed by atoms with van der Waals surface area (Å²) in [6, 6.07) is 20.9. The maximum absolute atomic E-state index is 10.2. The zero-order valence-corrected chi connectivity index (χ0v) is 17.6. The molecule has 0 radical (unpaired) electrons. The first-order valence-corrected chi connectivity index (χ1v) is 11.2. The van der Waals surface area contributed by atoms with Crippen molar-refractivity contribution in [3.05, 3.63) is 60.7 Å². The minimum absolute atomic E-state index is 0.0879. The number of aliphatic hydroxyl groups is 2. The van der Waals surface area contributed by atoms with E-state index in [1.165, 1.54) is 10.4 Å². The van der Waals surface area contributed by atoms with Gasteiger partial charge in [0.2, 0.25) is 0 Å². The van der Waals surface area contributed by atoms with Crippen LogP contribution in [0, 0.1) is 0 Å². The molecular formula is C22H32O3Si. The fraction of sp³-hybridized carbons (Fsp3) is 0.455. The van der Waals surface area contributed by atoms with E-state index in [4.69, 9.17) is 4.43 Å². The normalized spacial score (nSPS) is 14.3. The summed E-state index contributed by atoms with van der Waals surface area (Å²) in [7, 11) is -2.57. The molecule has 2 N–H and O–H groups in total. The van der Waals surface area contributed by atoms with E-state index in [1.54, 1.807) is 13.8 Å². The Balaban J connectivity index is 2.44. The van der Waals surface area contributed by atoms with Crippen LogP contribution in [0.25, 0.3) is 0 Å². The van der Waals surface area contributed by atoms with Gasteiger partial charge in [0.1, 0.15) is 0 Å². The molecular weight excluding hydrogens is 340 g/mol. The number of rotatable bonds is 7. The van der Waals surface area contributed by atoms with Crippen LogP contribution < -0.4 is 10.4 Å². The average Bonchev–Trinajstić information content (AvgIpc) is 2.58. The second-order valence-electron chi connectivity index (χ2n) is 8.47. The molecule has 2 rings (SSSR count).